The van der Waals surface area contributed by atoms with Gasteiger partial charge in [-0.2, -0.15) is 0 Å². The highest BCUT2D eigenvalue weighted by Gasteiger charge is 2.20. The molecule has 3 nitrogen and oxygen atoms in total. The minimum absolute atomic E-state index is 0.0983. The van der Waals surface area contributed by atoms with E-state index in [2.05, 4.69) is 5.32 Å². The Hall–Kier alpha value is -1.55. The Balaban J connectivity index is 2.46. The van der Waals surface area contributed by atoms with E-state index in [1.165, 1.54) is 11.3 Å². The molecule has 2 aromatic rings. The van der Waals surface area contributed by atoms with E-state index in [0.717, 1.165) is 15.6 Å². The number of benzene rings is 1. The third-order valence-electron chi connectivity index (χ3n) is 2.58. The fraction of sp³-hybridized carbons (Fsp3) is 0.357. The van der Waals surface area contributed by atoms with Crippen LogP contribution in [-0.4, -0.2) is 11.4 Å². The van der Waals surface area contributed by atoms with Crippen LogP contribution in [0.2, 0.25) is 0 Å². The molecule has 0 aliphatic heterocycles. The fourth-order valence-electron chi connectivity index (χ4n) is 1.80. The third kappa shape index (κ3) is 2.48. The van der Waals surface area contributed by atoms with Gasteiger partial charge in [-0.25, -0.2) is 0 Å². The van der Waals surface area contributed by atoms with Gasteiger partial charge in [0.2, 0.25) is 0 Å². The van der Waals surface area contributed by atoms with Gasteiger partial charge in [-0.3, -0.25) is 4.79 Å². The summed E-state index contributed by atoms with van der Waals surface area (Å²) >= 11 is 1.44. The van der Waals surface area contributed by atoms with Gasteiger partial charge in [0.1, 0.15) is 4.88 Å². The number of anilines is 1. The Kier molecular flexibility index (Phi) is 3.07. The van der Waals surface area contributed by atoms with Crippen LogP contribution in [0, 0.1) is 6.92 Å². The Bertz CT molecular complexity index is 608. The van der Waals surface area contributed by atoms with Crippen LogP contribution >= 0.6 is 11.3 Å². The first kappa shape index (κ1) is 12.9. The first-order chi connectivity index (χ1) is 8.28. The largest absolute Gasteiger partial charge is 0.397 e. The summed E-state index contributed by atoms with van der Waals surface area (Å²) in [6.45, 7) is 7.89. The van der Waals surface area contributed by atoms with Crippen molar-refractivity contribution < 1.29 is 4.79 Å². The summed E-state index contributed by atoms with van der Waals surface area (Å²) in [6.07, 6.45) is 0. The van der Waals surface area contributed by atoms with Crippen LogP contribution in [0.4, 0.5) is 5.69 Å². The molecule has 0 bridgehead atoms. The normalized spacial score (nSPS) is 11.8. The van der Waals surface area contributed by atoms with Crippen molar-refractivity contribution in [2.75, 3.05) is 5.73 Å². The molecule has 0 atom stereocenters. The topological polar surface area (TPSA) is 55.1 Å². The Labute approximate surface area is 111 Å². The van der Waals surface area contributed by atoms with Crippen LogP contribution in [0.5, 0.6) is 0 Å². The lowest BCUT2D eigenvalue weighted by molar-refractivity contribution is 0.0924. The fourth-order valence-corrected chi connectivity index (χ4v) is 2.80. The van der Waals surface area contributed by atoms with E-state index in [4.69, 9.17) is 5.73 Å². The number of rotatable bonds is 1. The molecule has 4 heteroatoms. The number of nitrogens with two attached hydrogens (primary N) is 1. The highest BCUT2D eigenvalue weighted by Crippen LogP contribution is 2.34. The first-order valence-corrected chi connectivity index (χ1v) is 6.71. The number of amides is 1. The molecule has 0 aliphatic rings. The number of hydrogen-bond donors (Lipinski definition) is 2. The Morgan fingerprint density at radius 3 is 2.61 bits per heavy atom. The molecule has 1 aromatic carbocycles. The summed E-state index contributed by atoms with van der Waals surface area (Å²) in [7, 11) is 0. The summed E-state index contributed by atoms with van der Waals surface area (Å²) < 4.78 is 1.05. The molecule has 1 amide bonds. The average molecular weight is 262 g/mol. The van der Waals surface area contributed by atoms with E-state index >= 15 is 0 Å². The summed E-state index contributed by atoms with van der Waals surface area (Å²) in [5.74, 6) is -0.0983. The van der Waals surface area contributed by atoms with Crippen molar-refractivity contribution in [3.8, 4) is 0 Å². The number of thiophene rings is 1. The van der Waals surface area contributed by atoms with Crippen LogP contribution in [0.25, 0.3) is 10.1 Å². The zero-order valence-corrected chi connectivity index (χ0v) is 11.9. The van der Waals surface area contributed by atoms with Gasteiger partial charge in [0.25, 0.3) is 5.91 Å². The predicted octanol–water partition coefficient (Wildman–Crippen LogP) is 3.32. The summed E-state index contributed by atoms with van der Waals surface area (Å²) in [6, 6.07) is 6.07. The maximum atomic E-state index is 12.2. The molecule has 2 rings (SSSR count). The van der Waals surface area contributed by atoms with Gasteiger partial charge in [-0.05, 0) is 39.8 Å². The summed E-state index contributed by atoms with van der Waals surface area (Å²) in [5, 5.41) is 3.91. The van der Waals surface area contributed by atoms with E-state index in [1.807, 2.05) is 45.9 Å². The Morgan fingerprint density at radius 1 is 1.33 bits per heavy atom. The van der Waals surface area contributed by atoms with Crippen molar-refractivity contribution in [2.24, 2.45) is 0 Å². The summed E-state index contributed by atoms with van der Waals surface area (Å²) in [4.78, 5) is 12.8. The van der Waals surface area contributed by atoms with Crippen LogP contribution in [0.3, 0.4) is 0 Å². The van der Waals surface area contributed by atoms with Crippen molar-refractivity contribution in [1.82, 2.24) is 5.32 Å². The molecule has 3 N–H and O–H groups in total. The molecular formula is C14H18N2OS. The van der Waals surface area contributed by atoms with Gasteiger partial charge >= 0.3 is 0 Å². The van der Waals surface area contributed by atoms with Crippen LogP contribution < -0.4 is 11.1 Å². The number of fused-ring (bicyclic) bond motifs is 1. The molecule has 96 valence electrons. The van der Waals surface area contributed by atoms with Gasteiger partial charge in [-0.1, -0.05) is 11.6 Å². The van der Waals surface area contributed by atoms with Crippen molar-refractivity contribution in [3.05, 3.63) is 28.6 Å². The van der Waals surface area contributed by atoms with Gasteiger partial charge < -0.3 is 11.1 Å². The molecule has 0 saturated heterocycles. The minimum atomic E-state index is -0.254. The van der Waals surface area contributed by atoms with Crippen molar-refractivity contribution in [2.45, 2.75) is 33.2 Å². The van der Waals surface area contributed by atoms with Crippen LogP contribution in [0.15, 0.2) is 18.2 Å². The number of aryl methyl sites for hydroxylation is 1. The van der Waals surface area contributed by atoms with E-state index in [1.54, 1.807) is 0 Å². The number of nitrogens with one attached hydrogen (secondary N) is 1. The quantitative estimate of drug-likeness (QED) is 0.828. The molecule has 1 aromatic heterocycles. The monoisotopic (exact) mass is 262 g/mol. The smallest absolute Gasteiger partial charge is 0.263 e. The maximum absolute atomic E-state index is 12.2. The molecular weight excluding hydrogens is 244 g/mol. The molecule has 0 radical (unpaired) electrons. The lowest BCUT2D eigenvalue weighted by Gasteiger charge is -2.20. The van der Waals surface area contributed by atoms with E-state index < -0.39 is 0 Å². The molecule has 18 heavy (non-hydrogen) atoms. The minimum Gasteiger partial charge on any atom is -0.397 e. The third-order valence-corrected chi connectivity index (χ3v) is 3.76. The number of carbonyl (C=O) groups is 1. The maximum Gasteiger partial charge on any atom is 0.263 e. The molecule has 0 fully saturated rings. The van der Waals surface area contributed by atoms with Crippen molar-refractivity contribution in [1.29, 1.82) is 0 Å². The number of nitrogen functional groups attached to an aromatic ring is 1. The second kappa shape index (κ2) is 4.28. The van der Waals surface area contributed by atoms with Gasteiger partial charge in [0.15, 0.2) is 0 Å². The highest BCUT2D eigenvalue weighted by atomic mass is 32.1. The predicted molar refractivity (Wildman–Crippen MR) is 78.2 cm³/mol. The second-order valence-electron chi connectivity index (χ2n) is 5.55. The van der Waals surface area contributed by atoms with E-state index in [-0.39, 0.29) is 11.4 Å². The zero-order chi connectivity index (χ0) is 13.5. The standard InChI is InChI=1S/C14H18N2OS/c1-8-5-6-10-9(7-8)11(15)12(18-10)13(17)16-14(2,3)4/h5-7H,15H2,1-4H3,(H,16,17). The highest BCUT2D eigenvalue weighted by molar-refractivity contribution is 7.21. The molecule has 0 spiro atoms. The average Bonchev–Trinajstić information content (AvgIpc) is 2.54. The van der Waals surface area contributed by atoms with E-state index in [9.17, 15) is 4.79 Å². The first-order valence-electron chi connectivity index (χ1n) is 5.89. The summed E-state index contributed by atoms with van der Waals surface area (Å²) in [5.41, 5.74) is 7.55. The zero-order valence-electron chi connectivity index (χ0n) is 11.1. The van der Waals surface area contributed by atoms with Gasteiger partial charge in [-0.15, -0.1) is 11.3 Å². The number of carbonyl (C=O) groups excluding carboxylic acids is 1. The van der Waals surface area contributed by atoms with Gasteiger partial charge in [0, 0.05) is 15.6 Å². The molecule has 1 heterocycles. The van der Waals surface area contributed by atoms with Crippen LogP contribution in [-0.2, 0) is 0 Å². The lowest BCUT2D eigenvalue weighted by Crippen LogP contribution is -2.40. The van der Waals surface area contributed by atoms with Gasteiger partial charge in [0.05, 0.1) is 5.69 Å². The van der Waals surface area contributed by atoms with Crippen molar-refractivity contribution in [3.63, 3.8) is 0 Å². The second-order valence-corrected chi connectivity index (χ2v) is 6.60. The van der Waals surface area contributed by atoms with Crippen molar-refractivity contribution >= 4 is 33.0 Å². The Morgan fingerprint density at radius 2 is 2.00 bits per heavy atom. The lowest BCUT2D eigenvalue weighted by atomic mass is 10.1. The number of hydrogen-bond acceptors (Lipinski definition) is 3. The molecule has 0 unspecified atom stereocenters. The molecule has 0 aliphatic carbocycles. The SMILES string of the molecule is Cc1ccc2sc(C(=O)NC(C)(C)C)c(N)c2c1. The van der Waals surface area contributed by atoms with E-state index in [0.29, 0.717) is 10.6 Å². The van der Waals surface area contributed by atoms with Crippen LogP contribution in [0.1, 0.15) is 36.0 Å². The molecule has 0 saturated carbocycles.